The molecule has 0 saturated carbocycles. The molecule has 14 heavy (non-hydrogen) atoms. The average molecular weight is 189 g/mol. The second-order valence-electron chi connectivity index (χ2n) is 3.04. The van der Waals surface area contributed by atoms with Crippen molar-refractivity contribution in [2.24, 2.45) is 14.1 Å². The van der Waals surface area contributed by atoms with E-state index in [1.54, 1.807) is 6.08 Å². The summed E-state index contributed by atoms with van der Waals surface area (Å²) in [5.41, 5.74) is 0. The third-order valence-corrected chi connectivity index (χ3v) is 2.10. The van der Waals surface area contributed by atoms with Gasteiger partial charge >= 0.3 is 0 Å². The molecule has 1 rings (SSSR count). The molecule has 0 bridgehead atoms. The van der Waals surface area contributed by atoms with Crippen molar-refractivity contribution < 1.29 is 0 Å². The molecule has 1 aromatic heterocycles. The van der Waals surface area contributed by atoms with Crippen LogP contribution in [0.15, 0.2) is 24.4 Å². The number of hydrogen-bond acceptors (Lipinski definition) is 1. The fraction of sp³-hybridized carbons (Fsp3) is 0.182. The highest BCUT2D eigenvalue weighted by Gasteiger charge is 1.84. The zero-order valence-corrected chi connectivity index (χ0v) is 8.57. The summed E-state index contributed by atoms with van der Waals surface area (Å²) in [7, 11) is 3.88. The van der Waals surface area contributed by atoms with E-state index in [4.69, 9.17) is 5.41 Å². The molecule has 3 heteroatoms. The molecule has 0 aliphatic carbocycles. The number of hydrogen-bond donors (Lipinski definition) is 1. The van der Waals surface area contributed by atoms with Gasteiger partial charge in [-0.05, 0) is 17.4 Å². The van der Waals surface area contributed by atoms with Gasteiger partial charge in [0.1, 0.15) is 0 Å². The van der Waals surface area contributed by atoms with Gasteiger partial charge in [0.05, 0.1) is 5.35 Å². The minimum absolute atomic E-state index is 0.896. The first-order valence-electron chi connectivity index (χ1n) is 4.38. The summed E-state index contributed by atoms with van der Waals surface area (Å²) < 4.78 is 3.87. The first kappa shape index (κ1) is 10.3. The Morgan fingerprint density at radius 1 is 1.36 bits per heavy atom. The predicted molar refractivity (Wildman–Crippen MR) is 60.0 cm³/mol. The molecule has 0 spiro atoms. The van der Waals surface area contributed by atoms with E-state index in [9.17, 15) is 0 Å². The molecule has 0 amide bonds. The largest absolute Gasteiger partial charge is 0.309 e. The zero-order chi connectivity index (χ0) is 10.6. The molecule has 0 fully saturated rings. The zero-order valence-electron chi connectivity index (χ0n) is 8.57. The maximum Gasteiger partial charge on any atom is 0.0652 e. The van der Waals surface area contributed by atoms with Crippen molar-refractivity contribution in [3.63, 3.8) is 0 Å². The summed E-state index contributed by atoms with van der Waals surface area (Å²) in [5.74, 6) is 0. The smallest absolute Gasteiger partial charge is 0.0652 e. The fourth-order valence-corrected chi connectivity index (χ4v) is 1.20. The Balaban J connectivity index is 3.81. The molecule has 1 aromatic rings. The summed E-state index contributed by atoms with van der Waals surface area (Å²) in [6, 6.07) is 5.81. The van der Waals surface area contributed by atoms with Gasteiger partial charge in [0.15, 0.2) is 0 Å². The number of aryl methyl sites for hydroxylation is 1. The Morgan fingerprint density at radius 3 is 2.71 bits per heavy atom. The van der Waals surface area contributed by atoms with Gasteiger partial charge in [0.25, 0.3) is 0 Å². The maximum atomic E-state index is 7.08. The molecule has 0 aliphatic heterocycles. The van der Waals surface area contributed by atoms with Crippen molar-refractivity contribution in [2.75, 3.05) is 0 Å². The lowest BCUT2D eigenvalue weighted by Crippen LogP contribution is -2.35. The second-order valence-corrected chi connectivity index (χ2v) is 3.04. The molecule has 0 atom stereocenters. The number of rotatable bonds is 1. The van der Waals surface area contributed by atoms with E-state index in [2.05, 4.69) is 6.58 Å². The molecule has 0 aliphatic rings. The van der Waals surface area contributed by atoms with Crippen molar-refractivity contribution in [3.05, 3.63) is 35.0 Å². The van der Waals surface area contributed by atoms with Gasteiger partial charge in [-0.3, -0.25) is 9.36 Å². The molecule has 0 radical (unpaired) electrons. The highest BCUT2D eigenvalue weighted by atomic mass is 15.3. The summed E-state index contributed by atoms with van der Waals surface area (Å²) >= 11 is 0. The van der Waals surface area contributed by atoms with E-state index < -0.39 is 0 Å². The molecule has 3 nitrogen and oxygen atoms in total. The summed E-state index contributed by atoms with van der Waals surface area (Å²) in [6.07, 6.45) is 4.94. The highest BCUT2D eigenvalue weighted by Crippen LogP contribution is 1.74. The molecule has 1 N–H and O–H groups in total. The van der Waals surface area contributed by atoms with E-state index in [0.29, 0.717) is 0 Å². The lowest BCUT2D eigenvalue weighted by atomic mass is 10.3. The fourth-order valence-electron chi connectivity index (χ4n) is 1.20. The molecule has 0 unspecified atom stereocenters. The molecule has 1 heterocycles. The Kier molecular flexibility index (Phi) is 3.29. The Hall–Kier alpha value is -1.77. The quantitative estimate of drug-likeness (QED) is 0.618. The number of nitrogens with zero attached hydrogens (tertiary/aromatic N) is 2. The molecular weight excluding hydrogens is 174 g/mol. The van der Waals surface area contributed by atoms with Gasteiger partial charge in [-0.2, -0.15) is 0 Å². The van der Waals surface area contributed by atoms with Gasteiger partial charge in [-0.25, -0.2) is 0 Å². The number of aromatic nitrogens is 2. The van der Waals surface area contributed by atoms with Gasteiger partial charge in [-0.1, -0.05) is 18.7 Å². The van der Waals surface area contributed by atoms with E-state index in [0.717, 1.165) is 10.6 Å². The van der Waals surface area contributed by atoms with Crippen LogP contribution in [0.5, 0.6) is 0 Å². The van der Waals surface area contributed by atoms with E-state index in [-0.39, 0.29) is 0 Å². The molecule has 0 aromatic carbocycles. The van der Waals surface area contributed by atoms with Crippen LogP contribution in [0.4, 0.5) is 0 Å². The van der Waals surface area contributed by atoms with Gasteiger partial charge in [-0.15, -0.1) is 0 Å². The van der Waals surface area contributed by atoms with Crippen LogP contribution < -0.4 is 10.6 Å². The maximum absolute atomic E-state index is 7.08. The predicted octanol–water partition coefficient (Wildman–Crippen LogP) is 0.328. The SMILES string of the molecule is C=c1ccccn(C)n(C)/c1=C\C=N. The van der Waals surface area contributed by atoms with E-state index in [1.807, 2.05) is 47.9 Å². The van der Waals surface area contributed by atoms with Crippen molar-refractivity contribution in [2.45, 2.75) is 0 Å². The van der Waals surface area contributed by atoms with Gasteiger partial charge in [0.2, 0.25) is 0 Å². The second kappa shape index (κ2) is 4.46. The summed E-state index contributed by atoms with van der Waals surface area (Å²) in [4.78, 5) is 0. The van der Waals surface area contributed by atoms with E-state index >= 15 is 0 Å². The van der Waals surface area contributed by atoms with Crippen LogP contribution in [-0.2, 0) is 14.1 Å². The summed E-state index contributed by atoms with van der Waals surface area (Å²) in [6.45, 7) is 3.94. The third-order valence-electron chi connectivity index (χ3n) is 2.10. The average Bonchev–Trinajstić information content (AvgIpc) is 2.18. The Morgan fingerprint density at radius 2 is 2.07 bits per heavy atom. The van der Waals surface area contributed by atoms with Crippen LogP contribution in [0, 0.1) is 5.41 Å². The van der Waals surface area contributed by atoms with Crippen molar-refractivity contribution >= 4 is 18.9 Å². The van der Waals surface area contributed by atoms with Crippen molar-refractivity contribution in [1.29, 1.82) is 5.41 Å². The minimum atomic E-state index is 0.896. The van der Waals surface area contributed by atoms with E-state index in [1.165, 1.54) is 6.21 Å². The third kappa shape index (κ3) is 2.13. The molecular formula is C11H15N3. The lowest BCUT2D eigenvalue weighted by molar-refractivity contribution is 0.558. The summed E-state index contributed by atoms with van der Waals surface area (Å²) in [5, 5.41) is 8.90. The van der Waals surface area contributed by atoms with Crippen LogP contribution in [0.25, 0.3) is 12.7 Å². The Labute approximate surface area is 83.4 Å². The minimum Gasteiger partial charge on any atom is -0.309 e. The van der Waals surface area contributed by atoms with Crippen LogP contribution in [0.1, 0.15) is 0 Å². The van der Waals surface area contributed by atoms with Crippen molar-refractivity contribution in [3.8, 4) is 0 Å². The molecule has 0 saturated heterocycles. The van der Waals surface area contributed by atoms with Gasteiger partial charge in [0, 0.05) is 26.5 Å². The number of nitrogens with one attached hydrogen (secondary N) is 1. The normalized spacial score (nSPS) is 11.1. The first-order valence-corrected chi connectivity index (χ1v) is 4.38. The van der Waals surface area contributed by atoms with Crippen molar-refractivity contribution in [1.82, 2.24) is 9.36 Å². The molecule has 74 valence electrons. The Bertz CT molecular complexity index is 475. The van der Waals surface area contributed by atoms with Crippen LogP contribution in [-0.4, -0.2) is 15.6 Å². The topological polar surface area (TPSA) is 33.7 Å². The lowest BCUT2D eigenvalue weighted by Gasteiger charge is -2.06. The van der Waals surface area contributed by atoms with Crippen LogP contribution in [0.3, 0.4) is 0 Å². The monoisotopic (exact) mass is 189 g/mol. The van der Waals surface area contributed by atoms with Crippen LogP contribution in [0.2, 0.25) is 0 Å². The highest BCUT2D eigenvalue weighted by molar-refractivity contribution is 5.87. The standard InChI is InChI=1S/C11H15N3/c1-10-6-4-5-9-13(2)14(3)11(10)7-8-12/h4-9,12H,1H2,2-3H3/b6-4?,9-5?,11-7-,12-8?. The van der Waals surface area contributed by atoms with Crippen LogP contribution >= 0.6 is 0 Å². The first-order chi connectivity index (χ1) is 6.66. The van der Waals surface area contributed by atoms with Gasteiger partial charge < -0.3 is 5.41 Å².